The molecule has 0 aromatic heterocycles. The van der Waals surface area contributed by atoms with Crippen LogP contribution in [0.5, 0.6) is 11.5 Å². The largest absolute Gasteiger partial charge is 0.497 e. The lowest BCUT2D eigenvalue weighted by Crippen LogP contribution is -2.65. The van der Waals surface area contributed by atoms with Crippen molar-refractivity contribution in [2.75, 3.05) is 31.7 Å². The van der Waals surface area contributed by atoms with Gasteiger partial charge in [-0.25, -0.2) is 4.39 Å². The smallest absolute Gasteiger partial charge is 0.227 e. The number of carbonyl (C=O) groups is 1. The maximum atomic E-state index is 14.9. The topological polar surface area (TPSA) is 91.3 Å². The molecule has 8 heteroatoms. The van der Waals surface area contributed by atoms with Crippen LogP contribution < -0.4 is 19.7 Å². The minimum Gasteiger partial charge on any atom is -0.497 e. The molecule has 3 N–H and O–H groups in total. The first-order valence-electron chi connectivity index (χ1n) is 10.8. The maximum Gasteiger partial charge on any atom is 0.227 e. The summed E-state index contributed by atoms with van der Waals surface area (Å²) in [6.07, 6.45) is 0.900. The molecule has 1 saturated heterocycles. The summed E-state index contributed by atoms with van der Waals surface area (Å²) in [7, 11) is 1.58. The number of carbonyl (C=O) groups excluding carboxylic acids is 1. The maximum absolute atomic E-state index is 14.9. The number of piperidine rings is 1. The van der Waals surface area contributed by atoms with E-state index in [0.717, 1.165) is 5.56 Å². The molecular weight excluding hydrogens is 415 g/mol. The number of anilines is 1. The van der Waals surface area contributed by atoms with Crippen molar-refractivity contribution in [2.45, 2.75) is 43.9 Å². The van der Waals surface area contributed by atoms with E-state index in [0.29, 0.717) is 36.4 Å². The zero-order chi connectivity index (χ0) is 22.9. The lowest BCUT2D eigenvalue weighted by Gasteiger charge is -2.44. The number of ether oxygens (including phenoxy) is 2. The molecule has 7 nitrogen and oxygen atoms in total. The van der Waals surface area contributed by atoms with Gasteiger partial charge in [-0.3, -0.25) is 4.79 Å². The summed E-state index contributed by atoms with van der Waals surface area (Å²) in [5.41, 5.74) is -1.15. The third-order valence-electron chi connectivity index (χ3n) is 6.50. The SMILES string of the molecule is COc1ccc(CN2C(=O)CCc3c(OC[C@@]4(O)CCNC[C@]4(C)O)ccc(F)c32)cc1. The minimum atomic E-state index is -1.44. The number of halogens is 1. The Balaban J connectivity index is 1.60. The molecule has 2 aromatic rings. The van der Waals surface area contributed by atoms with Crippen LogP contribution in [0, 0.1) is 5.82 Å². The van der Waals surface area contributed by atoms with Gasteiger partial charge in [0.2, 0.25) is 5.91 Å². The van der Waals surface area contributed by atoms with Crippen molar-refractivity contribution in [1.29, 1.82) is 0 Å². The number of aliphatic hydroxyl groups is 2. The summed E-state index contributed by atoms with van der Waals surface area (Å²) in [6.45, 7) is 2.46. The highest BCUT2D eigenvalue weighted by molar-refractivity contribution is 5.97. The number of hydrogen-bond acceptors (Lipinski definition) is 6. The minimum absolute atomic E-state index is 0.133. The number of methoxy groups -OCH3 is 1. The van der Waals surface area contributed by atoms with Gasteiger partial charge in [0.25, 0.3) is 0 Å². The van der Waals surface area contributed by atoms with Gasteiger partial charge < -0.3 is 29.9 Å². The Morgan fingerprint density at radius 3 is 2.59 bits per heavy atom. The zero-order valence-electron chi connectivity index (χ0n) is 18.4. The summed E-state index contributed by atoms with van der Waals surface area (Å²) in [5, 5.41) is 24.7. The Morgan fingerprint density at radius 1 is 1.16 bits per heavy atom. The molecule has 32 heavy (non-hydrogen) atoms. The molecule has 2 atom stereocenters. The first-order valence-corrected chi connectivity index (χ1v) is 10.8. The molecule has 2 aromatic carbocycles. The van der Waals surface area contributed by atoms with Crippen LogP contribution in [0.2, 0.25) is 0 Å². The number of benzene rings is 2. The van der Waals surface area contributed by atoms with Crippen LogP contribution in [0.4, 0.5) is 10.1 Å². The molecule has 0 aliphatic carbocycles. The van der Waals surface area contributed by atoms with E-state index in [1.54, 1.807) is 26.2 Å². The molecule has 1 fully saturated rings. The second-order valence-corrected chi connectivity index (χ2v) is 8.72. The van der Waals surface area contributed by atoms with E-state index in [1.165, 1.54) is 17.0 Å². The molecule has 2 aliphatic rings. The van der Waals surface area contributed by atoms with Gasteiger partial charge in [-0.1, -0.05) is 12.1 Å². The van der Waals surface area contributed by atoms with Crippen molar-refractivity contribution in [3.8, 4) is 11.5 Å². The average molecular weight is 445 g/mol. The predicted molar refractivity (Wildman–Crippen MR) is 117 cm³/mol. The van der Waals surface area contributed by atoms with Crippen molar-refractivity contribution in [2.24, 2.45) is 0 Å². The lowest BCUT2D eigenvalue weighted by atomic mass is 9.79. The second-order valence-electron chi connectivity index (χ2n) is 8.72. The molecule has 0 unspecified atom stereocenters. The summed E-state index contributed by atoms with van der Waals surface area (Å²) in [6, 6.07) is 10.1. The Hall–Kier alpha value is -2.68. The van der Waals surface area contributed by atoms with Crippen molar-refractivity contribution in [3.05, 3.63) is 53.3 Å². The Morgan fingerprint density at radius 2 is 1.91 bits per heavy atom. The van der Waals surface area contributed by atoms with Crippen LogP contribution in [0.15, 0.2) is 36.4 Å². The molecule has 4 rings (SSSR count). The number of rotatable bonds is 6. The third kappa shape index (κ3) is 4.18. The van der Waals surface area contributed by atoms with Gasteiger partial charge >= 0.3 is 0 Å². The van der Waals surface area contributed by atoms with E-state index < -0.39 is 17.0 Å². The van der Waals surface area contributed by atoms with Gasteiger partial charge in [0.15, 0.2) is 0 Å². The first kappa shape index (κ1) is 22.5. The number of β-amino-alcohol motifs (C(OH)–C–C–N with tert-alkyl or cyclic N) is 1. The number of nitrogens with one attached hydrogen (secondary N) is 1. The van der Waals surface area contributed by atoms with Gasteiger partial charge in [-0.15, -0.1) is 0 Å². The van der Waals surface area contributed by atoms with Crippen LogP contribution in [-0.4, -0.2) is 54.1 Å². The molecular formula is C24H29FN2O5. The van der Waals surface area contributed by atoms with Crippen molar-refractivity contribution >= 4 is 11.6 Å². The van der Waals surface area contributed by atoms with E-state index in [-0.39, 0.29) is 37.7 Å². The van der Waals surface area contributed by atoms with E-state index in [1.807, 2.05) is 12.1 Å². The van der Waals surface area contributed by atoms with Crippen LogP contribution in [0.3, 0.4) is 0 Å². The van der Waals surface area contributed by atoms with E-state index in [9.17, 15) is 19.4 Å². The molecule has 0 bridgehead atoms. The van der Waals surface area contributed by atoms with Crippen LogP contribution >= 0.6 is 0 Å². The monoisotopic (exact) mass is 444 g/mol. The zero-order valence-corrected chi connectivity index (χ0v) is 18.4. The van der Waals surface area contributed by atoms with Crippen molar-refractivity contribution < 1.29 is 28.9 Å². The number of amides is 1. The van der Waals surface area contributed by atoms with Gasteiger partial charge in [0.05, 0.1) is 19.3 Å². The highest BCUT2D eigenvalue weighted by Crippen LogP contribution is 2.39. The molecule has 2 aliphatic heterocycles. The highest BCUT2D eigenvalue weighted by Gasteiger charge is 2.48. The fourth-order valence-electron chi connectivity index (χ4n) is 4.32. The summed E-state index contributed by atoms with van der Waals surface area (Å²) in [5.74, 6) is 0.454. The summed E-state index contributed by atoms with van der Waals surface area (Å²) >= 11 is 0. The second kappa shape index (κ2) is 8.69. The molecule has 1 amide bonds. The molecule has 172 valence electrons. The standard InChI is InChI=1S/C24H29FN2O5/c1-23(29)14-26-12-11-24(23,30)15-32-20-9-8-19(25)22-18(20)7-10-21(28)27(22)13-16-3-5-17(31-2)6-4-16/h3-6,8-9,26,29-30H,7,10-15H2,1-2H3/t23-,24-/m0/s1. The fraction of sp³-hybridized carbons (Fsp3) is 0.458. The highest BCUT2D eigenvalue weighted by atomic mass is 19.1. The van der Waals surface area contributed by atoms with E-state index in [2.05, 4.69) is 5.32 Å². The normalized spacial score (nSPS) is 25.4. The van der Waals surface area contributed by atoms with Crippen molar-refractivity contribution in [3.63, 3.8) is 0 Å². The molecule has 0 spiro atoms. The van der Waals surface area contributed by atoms with E-state index >= 15 is 0 Å². The summed E-state index contributed by atoms with van der Waals surface area (Å²) < 4.78 is 26.0. The molecule has 0 saturated carbocycles. The fourth-order valence-corrected chi connectivity index (χ4v) is 4.32. The predicted octanol–water partition coefficient (Wildman–Crippen LogP) is 2.17. The number of hydrogen-bond donors (Lipinski definition) is 3. The summed E-state index contributed by atoms with van der Waals surface area (Å²) in [4.78, 5) is 14.1. The van der Waals surface area contributed by atoms with Gasteiger partial charge in [-0.2, -0.15) is 0 Å². The van der Waals surface area contributed by atoms with Crippen LogP contribution in [0.25, 0.3) is 0 Å². The average Bonchev–Trinajstić information content (AvgIpc) is 2.78. The number of nitrogens with zero attached hydrogens (tertiary/aromatic N) is 1. The van der Waals surface area contributed by atoms with Gasteiger partial charge in [0.1, 0.15) is 35.1 Å². The number of fused-ring (bicyclic) bond motifs is 1. The van der Waals surface area contributed by atoms with Crippen LogP contribution in [0.1, 0.15) is 30.9 Å². The van der Waals surface area contributed by atoms with Crippen molar-refractivity contribution in [1.82, 2.24) is 5.32 Å². The van der Waals surface area contributed by atoms with Gasteiger partial charge in [0, 0.05) is 18.5 Å². The molecule has 0 radical (unpaired) electrons. The quantitative estimate of drug-likeness (QED) is 0.633. The Labute approximate surface area is 186 Å². The Kier molecular flexibility index (Phi) is 6.11. The first-order chi connectivity index (χ1) is 15.2. The van der Waals surface area contributed by atoms with Gasteiger partial charge in [-0.05, 0) is 56.1 Å². The van der Waals surface area contributed by atoms with Crippen LogP contribution in [-0.2, 0) is 17.8 Å². The Bertz CT molecular complexity index is 995. The molecule has 2 heterocycles. The van der Waals surface area contributed by atoms with E-state index in [4.69, 9.17) is 9.47 Å². The lowest BCUT2D eigenvalue weighted by molar-refractivity contribution is -0.171. The third-order valence-corrected chi connectivity index (χ3v) is 6.50.